The molecule has 0 unspecified atom stereocenters. The number of nitrogens with one attached hydrogen (secondary N) is 1. The third-order valence-corrected chi connectivity index (χ3v) is 3.88. The molecule has 4 heteroatoms. The summed E-state index contributed by atoms with van der Waals surface area (Å²) in [4.78, 5) is 12.5. The van der Waals surface area contributed by atoms with Gasteiger partial charge in [0.2, 0.25) is 0 Å². The van der Waals surface area contributed by atoms with Crippen LogP contribution in [-0.2, 0) is 7.05 Å². The highest BCUT2D eigenvalue weighted by atomic mass is 19.1. The van der Waals surface area contributed by atoms with Gasteiger partial charge in [0.25, 0.3) is 5.91 Å². The Bertz CT molecular complexity index is 824. The summed E-state index contributed by atoms with van der Waals surface area (Å²) in [7, 11) is 1.81. The maximum Gasteiger partial charge on any atom is 0.268 e. The zero-order valence-electron chi connectivity index (χ0n) is 12.5. The van der Waals surface area contributed by atoms with Crippen LogP contribution in [0.5, 0.6) is 0 Å². The van der Waals surface area contributed by atoms with E-state index in [0.717, 1.165) is 16.5 Å². The van der Waals surface area contributed by atoms with Gasteiger partial charge in [0.1, 0.15) is 11.5 Å². The molecule has 1 N–H and O–H groups in total. The zero-order valence-corrected chi connectivity index (χ0v) is 12.5. The number of carbonyl (C=O) groups is 1. The number of halogens is 1. The van der Waals surface area contributed by atoms with Crippen molar-refractivity contribution < 1.29 is 9.18 Å². The molecule has 1 atom stereocenters. The van der Waals surface area contributed by atoms with Gasteiger partial charge in [-0.25, -0.2) is 4.39 Å². The number of rotatable bonds is 3. The van der Waals surface area contributed by atoms with Crippen molar-refractivity contribution >= 4 is 16.8 Å². The quantitative estimate of drug-likeness (QED) is 0.783. The van der Waals surface area contributed by atoms with E-state index in [1.165, 1.54) is 12.1 Å². The number of benzene rings is 2. The maximum atomic E-state index is 13.3. The molecule has 2 aromatic carbocycles. The molecule has 0 radical (unpaired) electrons. The highest BCUT2D eigenvalue weighted by Crippen LogP contribution is 2.21. The molecule has 112 valence electrons. The molecule has 3 aromatic rings. The molecular weight excluding hydrogens is 279 g/mol. The standard InChI is InChI=1S/C18H17FN2O/c1-12(13-6-4-3-5-7-13)20-18(22)17-11-14-10-15(19)8-9-16(14)21(17)2/h3-12H,1-2H3,(H,20,22)/t12-/m1/s1. The van der Waals surface area contributed by atoms with Crippen LogP contribution in [0.4, 0.5) is 4.39 Å². The van der Waals surface area contributed by atoms with E-state index in [1.807, 2.05) is 44.3 Å². The lowest BCUT2D eigenvalue weighted by Crippen LogP contribution is -2.28. The molecule has 1 amide bonds. The number of amides is 1. The third kappa shape index (κ3) is 2.60. The first-order chi connectivity index (χ1) is 10.6. The van der Waals surface area contributed by atoms with E-state index in [9.17, 15) is 9.18 Å². The third-order valence-electron chi connectivity index (χ3n) is 3.88. The minimum absolute atomic E-state index is 0.0940. The van der Waals surface area contributed by atoms with Gasteiger partial charge < -0.3 is 9.88 Å². The molecule has 0 saturated carbocycles. The summed E-state index contributed by atoms with van der Waals surface area (Å²) >= 11 is 0. The predicted molar refractivity (Wildman–Crippen MR) is 85.2 cm³/mol. The van der Waals surface area contributed by atoms with Gasteiger partial charge in [0, 0.05) is 18.0 Å². The molecule has 0 saturated heterocycles. The van der Waals surface area contributed by atoms with Crippen molar-refractivity contribution in [3.8, 4) is 0 Å². The molecule has 0 aliphatic carbocycles. The van der Waals surface area contributed by atoms with Crippen molar-refractivity contribution in [3.05, 3.63) is 71.7 Å². The van der Waals surface area contributed by atoms with Crippen LogP contribution >= 0.6 is 0 Å². The smallest absolute Gasteiger partial charge is 0.268 e. The Morgan fingerprint density at radius 2 is 1.86 bits per heavy atom. The summed E-state index contributed by atoms with van der Waals surface area (Å²) in [6.07, 6.45) is 0. The van der Waals surface area contributed by atoms with Crippen LogP contribution in [0.2, 0.25) is 0 Å². The Morgan fingerprint density at radius 3 is 2.59 bits per heavy atom. The van der Waals surface area contributed by atoms with Crippen LogP contribution in [0.25, 0.3) is 10.9 Å². The second-order valence-electron chi connectivity index (χ2n) is 5.40. The van der Waals surface area contributed by atoms with Gasteiger partial charge in [0.05, 0.1) is 6.04 Å². The van der Waals surface area contributed by atoms with E-state index in [2.05, 4.69) is 5.32 Å². The van der Waals surface area contributed by atoms with E-state index >= 15 is 0 Å². The molecule has 0 bridgehead atoms. The summed E-state index contributed by atoms with van der Waals surface area (Å²) in [6.45, 7) is 1.94. The first-order valence-corrected chi connectivity index (χ1v) is 7.17. The molecule has 1 heterocycles. The Kier molecular flexibility index (Phi) is 3.67. The minimum atomic E-state index is -0.303. The van der Waals surface area contributed by atoms with Crippen LogP contribution in [0.15, 0.2) is 54.6 Å². The monoisotopic (exact) mass is 296 g/mol. The molecule has 0 spiro atoms. The number of carbonyl (C=O) groups excluding carboxylic acids is 1. The molecule has 3 rings (SSSR count). The van der Waals surface area contributed by atoms with Crippen LogP contribution in [0, 0.1) is 5.82 Å². The molecule has 3 nitrogen and oxygen atoms in total. The van der Waals surface area contributed by atoms with E-state index in [-0.39, 0.29) is 17.8 Å². The fourth-order valence-corrected chi connectivity index (χ4v) is 2.63. The summed E-state index contributed by atoms with van der Waals surface area (Å²) in [6, 6.07) is 15.9. The lowest BCUT2D eigenvalue weighted by Gasteiger charge is -2.14. The Hall–Kier alpha value is -2.62. The SMILES string of the molecule is C[C@@H](NC(=O)c1cc2cc(F)ccc2n1C)c1ccccc1. The summed E-state index contributed by atoms with van der Waals surface area (Å²) in [5.41, 5.74) is 2.39. The molecule has 1 aromatic heterocycles. The van der Waals surface area contributed by atoms with Gasteiger partial charge in [-0.05, 0) is 36.8 Å². The number of hydrogen-bond donors (Lipinski definition) is 1. The van der Waals surface area contributed by atoms with Gasteiger partial charge in [-0.2, -0.15) is 0 Å². The van der Waals surface area contributed by atoms with E-state index in [4.69, 9.17) is 0 Å². The minimum Gasteiger partial charge on any atom is -0.344 e. The van der Waals surface area contributed by atoms with E-state index in [0.29, 0.717) is 5.69 Å². The normalized spacial score (nSPS) is 12.3. The van der Waals surface area contributed by atoms with E-state index in [1.54, 1.807) is 16.7 Å². The Labute approximate surface area is 128 Å². The summed E-state index contributed by atoms with van der Waals surface area (Å²) in [5.74, 6) is -0.474. The molecule has 22 heavy (non-hydrogen) atoms. The number of nitrogens with zero attached hydrogens (tertiary/aromatic N) is 1. The average Bonchev–Trinajstić information content (AvgIpc) is 2.84. The highest BCUT2D eigenvalue weighted by Gasteiger charge is 2.16. The van der Waals surface area contributed by atoms with E-state index < -0.39 is 0 Å². The fraction of sp³-hybridized carbons (Fsp3) is 0.167. The van der Waals surface area contributed by atoms with Crippen molar-refractivity contribution in [2.24, 2.45) is 7.05 Å². The van der Waals surface area contributed by atoms with Gasteiger partial charge in [-0.3, -0.25) is 4.79 Å². The maximum absolute atomic E-state index is 13.3. The van der Waals surface area contributed by atoms with Gasteiger partial charge >= 0.3 is 0 Å². The van der Waals surface area contributed by atoms with Gasteiger partial charge in [-0.15, -0.1) is 0 Å². The number of hydrogen-bond acceptors (Lipinski definition) is 1. The molecule has 0 fully saturated rings. The lowest BCUT2D eigenvalue weighted by atomic mass is 10.1. The zero-order chi connectivity index (χ0) is 15.7. The first-order valence-electron chi connectivity index (χ1n) is 7.17. The number of aromatic nitrogens is 1. The van der Waals surface area contributed by atoms with Crippen molar-refractivity contribution in [2.75, 3.05) is 0 Å². The van der Waals surface area contributed by atoms with Crippen LogP contribution in [0.1, 0.15) is 29.0 Å². The molecule has 0 aliphatic rings. The van der Waals surface area contributed by atoms with Crippen molar-refractivity contribution in [2.45, 2.75) is 13.0 Å². The second-order valence-corrected chi connectivity index (χ2v) is 5.40. The molecular formula is C18H17FN2O. The first kappa shape index (κ1) is 14.3. The Balaban J connectivity index is 1.88. The van der Waals surface area contributed by atoms with Crippen molar-refractivity contribution in [3.63, 3.8) is 0 Å². The topological polar surface area (TPSA) is 34.0 Å². The van der Waals surface area contributed by atoms with Gasteiger partial charge in [-0.1, -0.05) is 30.3 Å². The second kappa shape index (κ2) is 5.64. The highest BCUT2D eigenvalue weighted by molar-refractivity contribution is 5.98. The largest absolute Gasteiger partial charge is 0.344 e. The van der Waals surface area contributed by atoms with Crippen LogP contribution in [0.3, 0.4) is 0 Å². The number of aryl methyl sites for hydroxylation is 1. The van der Waals surface area contributed by atoms with Crippen molar-refractivity contribution in [1.29, 1.82) is 0 Å². The number of fused-ring (bicyclic) bond motifs is 1. The van der Waals surface area contributed by atoms with Crippen LogP contribution < -0.4 is 5.32 Å². The summed E-state index contributed by atoms with van der Waals surface area (Å²) in [5, 5.41) is 3.70. The predicted octanol–water partition coefficient (Wildman–Crippen LogP) is 3.81. The average molecular weight is 296 g/mol. The fourth-order valence-electron chi connectivity index (χ4n) is 2.63. The van der Waals surface area contributed by atoms with Gasteiger partial charge in [0.15, 0.2) is 0 Å². The lowest BCUT2D eigenvalue weighted by molar-refractivity contribution is 0.0932. The summed E-state index contributed by atoms with van der Waals surface area (Å²) < 4.78 is 15.1. The van der Waals surface area contributed by atoms with Crippen molar-refractivity contribution in [1.82, 2.24) is 9.88 Å². The van der Waals surface area contributed by atoms with Crippen LogP contribution in [-0.4, -0.2) is 10.5 Å². The Morgan fingerprint density at radius 1 is 1.14 bits per heavy atom. The molecule has 0 aliphatic heterocycles.